The highest BCUT2D eigenvalue weighted by molar-refractivity contribution is 5.92. The minimum absolute atomic E-state index is 0.0251. The Morgan fingerprint density at radius 1 is 1.03 bits per heavy atom. The number of piperidine rings is 1. The van der Waals surface area contributed by atoms with E-state index in [0.717, 1.165) is 49.6 Å². The molecule has 0 spiro atoms. The lowest BCUT2D eigenvalue weighted by Crippen LogP contribution is -2.39. The lowest BCUT2D eigenvalue weighted by molar-refractivity contribution is -0.127. The molecule has 2 aromatic rings. The summed E-state index contributed by atoms with van der Waals surface area (Å²) in [6, 6.07) is 5.59. The molecule has 0 saturated carbocycles. The average Bonchev–Trinajstić information content (AvgIpc) is 3.05. The molecule has 160 valence electrons. The molecular formula is C23H30N4O3. The van der Waals surface area contributed by atoms with Crippen LogP contribution in [0.4, 0.5) is 0 Å². The number of benzene rings is 1. The number of aryl methyl sites for hydroxylation is 1. The fourth-order valence-electron chi connectivity index (χ4n) is 4.40. The first-order valence-electron chi connectivity index (χ1n) is 10.8. The van der Waals surface area contributed by atoms with Crippen LogP contribution in [0.1, 0.15) is 55.2 Å². The van der Waals surface area contributed by atoms with Crippen molar-refractivity contribution in [3.63, 3.8) is 0 Å². The Morgan fingerprint density at radius 3 is 2.60 bits per heavy atom. The van der Waals surface area contributed by atoms with Crippen molar-refractivity contribution in [2.75, 3.05) is 27.3 Å². The van der Waals surface area contributed by atoms with Crippen molar-refractivity contribution < 1.29 is 14.3 Å². The topological polar surface area (TPSA) is 69.5 Å². The van der Waals surface area contributed by atoms with Crippen LogP contribution in [0, 0.1) is 0 Å². The number of carbonyl (C=O) groups is 1. The Labute approximate surface area is 177 Å². The van der Waals surface area contributed by atoms with E-state index in [0.29, 0.717) is 18.0 Å². The van der Waals surface area contributed by atoms with E-state index in [4.69, 9.17) is 9.47 Å². The van der Waals surface area contributed by atoms with Crippen molar-refractivity contribution in [2.45, 2.75) is 51.0 Å². The molecule has 2 aliphatic heterocycles. The summed E-state index contributed by atoms with van der Waals surface area (Å²) in [6.07, 6.45) is 10.1. The van der Waals surface area contributed by atoms with Gasteiger partial charge < -0.3 is 18.9 Å². The molecule has 0 N–H and O–H groups in total. The predicted molar refractivity (Wildman–Crippen MR) is 115 cm³/mol. The van der Waals surface area contributed by atoms with Crippen LogP contribution >= 0.6 is 0 Å². The highest BCUT2D eigenvalue weighted by Crippen LogP contribution is 2.28. The van der Waals surface area contributed by atoms with Gasteiger partial charge in [-0.3, -0.25) is 4.79 Å². The molecule has 7 nitrogen and oxygen atoms in total. The Morgan fingerprint density at radius 2 is 1.83 bits per heavy atom. The Kier molecular flexibility index (Phi) is 6.35. The first-order valence-corrected chi connectivity index (χ1v) is 10.8. The molecule has 1 aromatic carbocycles. The molecule has 1 amide bonds. The molecule has 1 fully saturated rings. The summed E-state index contributed by atoms with van der Waals surface area (Å²) < 4.78 is 12.9. The molecule has 0 radical (unpaired) electrons. The van der Waals surface area contributed by atoms with Gasteiger partial charge in [0.15, 0.2) is 0 Å². The Balaban J connectivity index is 1.45. The quantitative estimate of drug-likeness (QED) is 0.707. The Hall–Kier alpha value is -2.83. The zero-order valence-corrected chi connectivity index (χ0v) is 17.8. The number of hydrogen-bond acceptors (Lipinski definition) is 5. The first-order chi connectivity index (χ1) is 14.7. The highest BCUT2D eigenvalue weighted by atomic mass is 16.5. The van der Waals surface area contributed by atoms with Crippen molar-refractivity contribution >= 4 is 12.0 Å². The van der Waals surface area contributed by atoms with E-state index in [-0.39, 0.29) is 11.8 Å². The van der Waals surface area contributed by atoms with Gasteiger partial charge in [-0.1, -0.05) is 6.42 Å². The van der Waals surface area contributed by atoms with Gasteiger partial charge in [0.05, 0.1) is 14.2 Å². The number of rotatable bonds is 5. The van der Waals surface area contributed by atoms with E-state index in [1.165, 1.54) is 19.3 Å². The van der Waals surface area contributed by atoms with Crippen LogP contribution in [0.3, 0.4) is 0 Å². The molecule has 1 aromatic heterocycles. The maximum Gasteiger partial charge on any atom is 0.246 e. The molecule has 3 heterocycles. The molecule has 1 unspecified atom stereocenters. The monoisotopic (exact) mass is 410 g/mol. The number of nitrogens with zero attached hydrogens (tertiary/aromatic N) is 4. The van der Waals surface area contributed by atoms with Crippen molar-refractivity contribution in [3.8, 4) is 11.5 Å². The van der Waals surface area contributed by atoms with Crippen LogP contribution in [-0.2, 0) is 17.8 Å². The van der Waals surface area contributed by atoms with E-state index >= 15 is 0 Å². The van der Waals surface area contributed by atoms with Gasteiger partial charge in [-0.05, 0) is 49.5 Å². The third kappa shape index (κ3) is 4.50. The van der Waals surface area contributed by atoms with Gasteiger partial charge in [0.25, 0.3) is 0 Å². The predicted octanol–water partition coefficient (Wildman–Crippen LogP) is 3.44. The van der Waals surface area contributed by atoms with Crippen LogP contribution in [0.25, 0.3) is 6.08 Å². The van der Waals surface area contributed by atoms with Gasteiger partial charge in [0, 0.05) is 44.1 Å². The fraction of sp³-hybridized carbons (Fsp3) is 0.522. The van der Waals surface area contributed by atoms with Crippen LogP contribution in [-0.4, -0.2) is 52.9 Å². The number of hydrogen-bond donors (Lipinski definition) is 0. The summed E-state index contributed by atoms with van der Waals surface area (Å²) in [5.41, 5.74) is 0.871. The van der Waals surface area contributed by atoms with E-state index < -0.39 is 0 Å². The number of methoxy groups -OCH3 is 2. The van der Waals surface area contributed by atoms with Crippen molar-refractivity contribution in [1.29, 1.82) is 0 Å². The third-order valence-corrected chi connectivity index (χ3v) is 6.03. The number of carbonyl (C=O) groups excluding carboxylic acids is 1. The third-order valence-electron chi connectivity index (χ3n) is 6.03. The van der Waals surface area contributed by atoms with Gasteiger partial charge in [0.1, 0.15) is 23.1 Å². The summed E-state index contributed by atoms with van der Waals surface area (Å²) in [5, 5.41) is 8.96. The van der Waals surface area contributed by atoms with Gasteiger partial charge in [-0.15, -0.1) is 10.2 Å². The summed E-state index contributed by atoms with van der Waals surface area (Å²) in [7, 11) is 3.24. The summed E-state index contributed by atoms with van der Waals surface area (Å²) in [6.45, 7) is 2.48. The molecule has 0 bridgehead atoms. The largest absolute Gasteiger partial charge is 0.497 e. The molecular weight excluding hydrogens is 380 g/mol. The van der Waals surface area contributed by atoms with Crippen LogP contribution in [0.2, 0.25) is 0 Å². The minimum atomic E-state index is 0.0251. The normalized spacial score (nSPS) is 19.4. The number of ether oxygens (including phenoxy) is 2. The van der Waals surface area contributed by atoms with E-state index in [2.05, 4.69) is 14.8 Å². The van der Waals surface area contributed by atoms with Crippen molar-refractivity contribution in [2.24, 2.45) is 0 Å². The van der Waals surface area contributed by atoms with E-state index in [9.17, 15) is 4.79 Å². The number of amides is 1. The van der Waals surface area contributed by atoms with Crippen LogP contribution in [0.5, 0.6) is 11.5 Å². The van der Waals surface area contributed by atoms with Crippen molar-refractivity contribution in [1.82, 2.24) is 19.7 Å². The molecule has 1 atom stereocenters. The Bertz CT molecular complexity index is 899. The maximum atomic E-state index is 12.9. The smallest absolute Gasteiger partial charge is 0.246 e. The highest BCUT2D eigenvalue weighted by Gasteiger charge is 2.28. The molecule has 7 heteroatoms. The molecule has 2 aliphatic rings. The van der Waals surface area contributed by atoms with Gasteiger partial charge in [0.2, 0.25) is 5.91 Å². The molecule has 1 saturated heterocycles. The average molecular weight is 411 g/mol. The van der Waals surface area contributed by atoms with Gasteiger partial charge >= 0.3 is 0 Å². The number of aromatic nitrogens is 3. The summed E-state index contributed by atoms with van der Waals surface area (Å²) in [5.74, 6) is 3.85. The summed E-state index contributed by atoms with van der Waals surface area (Å²) >= 11 is 0. The standard InChI is InChI=1S/C23H30N4O3/c1-29-19-13-17(14-20(15-19)30-2)9-10-22(28)26-11-6-7-18(16-26)23-25-24-21-8-4-3-5-12-27(21)23/h9-10,13-15,18H,3-8,11-12,16H2,1-2H3. The second-order valence-electron chi connectivity index (χ2n) is 8.04. The lowest BCUT2D eigenvalue weighted by atomic mass is 9.97. The first kappa shape index (κ1) is 20.4. The second kappa shape index (κ2) is 9.32. The van der Waals surface area contributed by atoms with Crippen molar-refractivity contribution in [3.05, 3.63) is 41.5 Å². The fourth-order valence-corrected chi connectivity index (χ4v) is 4.40. The SMILES string of the molecule is COc1cc(C=CC(=O)N2CCCC(c3nnc4n3CCCCC4)C2)cc(OC)c1. The number of likely N-dealkylation sites (tertiary alicyclic amines) is 1. The number of fused-ring (bicyclic) bond motifs is 1. The lowest BCUT2D eigenvalue weighted by Gasteiger charge is -2.31. The van der Waals surface area contributed by atoms with Crippen LogP contribution in [0.15, 0.2) is 24.3 Å². The molecule has 0 aliphatic carbocycles. The zero-order valence-electron chi connectivity index (χ0n) is 17.8. The van der Waals surface area contributed by atoms with E-state index in [1.807, 2.05) is 29.2 Å². The zero-order chi connectivity index (χ0) is 20.9. The van der Waals surface area contributed by atoms with Crippen LogP contribution < -0.4 is 9.47 Å². The van der Waals surface area contributed by atoms with Gasteiger partial charge in [-0.2, -0.15) is 0 Å². The van der Waals surface area contributed by atoms with Gasteiger partial charge in [-0.25, -0.2) is 0 Å². The maximum absolute atomic E-state index is 12.9. The van der Waals surface area contributed by atoms with E-state index in [1.54, 1.807) is 20.3 Å². The second-order valence-corrected chi connectivity index (χ2v) is 8.04. The summed E-state index contributed by atoms with van der Waals surface area (Å²) in [4.78, 5) is 14.8. The molecule has 30 heavy (non-hydrogen) atoms. The minimum Gasteiger partial charge on any atom is -0.497 e. The molecule has 4 rings (SSSR count).